The molecule has 0 aromatic heterocycles. The lowest BCUT2D eigenvalue weighted by Gasteiger charge is -2.35. The molecular formula is C17H32N2O2. The topological polar surface area (TPSA) is 33.7 Å². The van der Waals surface area contributed by atoms with E-state index < -0.39 is 0 Å². The van der Waals surface area contributed by atoms with E-state index >= 15 is 0 Å². The van der Waals surface area contributed by atoms with E-state index in [0.29, 0.717) is 6.04 Å². The summed E-state index contributed by atoms with van der Waals surface area (Å²) in [5, 5.41) is 3.71. The maximum absolute atomic E-state index is 5.80. The predicted octanol–water partition coefficient (Wildman–Crippen LogP) is 2.38. The van der Waals surface area contributed by atoms with Gasteiger partial charge in [-0.3, -0.25) is 0 Å². The summed E-state index contributed by atoms with van der Waals surface area (Å²) in [5.41, 5.74) is 0. The maximum Gasteiger partial charge on any atom is 0.168 e. The van der Waals surface area contributed by atoms with E-state index in [2.05, 4.69) is 17.1 Å². The molecule has 1 unspecified atom stereocenters. The minimum absolute atomic E-state index is 0.188. The van der Waals surface area contributed by atoms with Gasteiger partial charge in [0.25, 0.3) is 0 Å². The van der Waals surface area contributed by atoms with Crippen LogP contribution in [0.1, 0.15) is 51.9 Å². The highest BCUT2D eigenvalue weighted by molar-refractivity contribution is 4.83. The Morgan fingerprint density at radius 2 is 1.81 bits per heavy atom. The molecule has 0 aromatic rings. The summed E-state index contributed by atoms with van der Waals surface area (Å²) < 4.78 is 11.6. The average molecular weight is 296 g/mol. The van der Waals surface area contributed by atoms with E-state index in [1.54, 1.807) is 0 Å². The number of likely N-dealkylation sites (tertiary alicyclic amines) is 1. The summed E-state index contributed by atoms with van der Waals surface area (Å²) in [5.74, 6) is 0.669. The zero-order valence-electron chi connectivity index (χ0n) is 13.6. The van der Waals surface area contributed by atoms with Gasteiger partial charge < -0.3 is 19.7 Å². The zero-order valence-corrected chi connectivity index (χ0v) is 13.6. The number of nitrogens with one attached hydrogen (secondary N) is 1. The molecule has 0 amide bonds. The summed E-state index contributed by atoms with van der Waals surface area (Å²) in [4.78, 5) is 2.59. The van der Waals surface area contributed by atoms with Gasteiger partial charge in [-0.2, -0.15) is 0 Å². The van der Waals surface area contributed by atoms with Crippen molar-refractivity contribution in [2.45, 2.75) is 63.7 Å². The Kier molecular flexibility index (Phi) is 5.54. The Bertz CT molecular complexity index is 302. The van der Waals surface area contributed by atoms with Gasteiger partial charge in [0, 0.05) is 25.4 Å². The lowest BCUT2D eigenvalue weighted by molar-refractivity contribution is -0.182. The van der Waals surface area contributed by atoms with Crippen molar-refractivity contribution in [2.75, 3.05) is 39.4 Å². The molecule has 2 heterocycles. The number of ether oxygens (including phenoxy) is 2. The summed E-state index contributed by atoms with van der Waals surface area (Å²) in [6.45, 7) is 8.90. The molecule has 1 saturated carbocycles. The molecule has 0 radical (unpaired) electrons. The molecular weight excluding hydrogens is 264 g/mol. The Hall–Kier alpha value is -0.160. The van der Waals surface area contributed by atoms with Crippen molar-refractivity contribution in [3.05, 3.63) is 0 Å². The molecule has 0 bridgehead atoms. The second-order valence-electron chi connectivity index (χ2n) is 7.20. The number of hydrogen-bond acceptors (Lipinski definition) is 4. The molecule has 3 rings (SSSR count). The molecule has 1 N–H and O–H groups in total. The first-order valence-corrected chi connectivity index (χ1v) is 8.99. The average Bonchev–Trinajstić information content (AvgIpc) is 3.14. The Morgan fingerprint density at radius 1 is 1.14 bits per heavy atom. The summed E-state index contributed by atoms with van der Waals surface area (Å²) in [6.07, 6.45) is 8.81. The smallest absolute Gasteiger partial charge is 0.168 e. The van der Waals surface area contributed by atoms with Gasteiger partial charge in [-0.15, -0.1) is 0 Å². The first kappa shape index (κ1) is 15.7. The van der Waals surface area contributed by atoms with Gasteiger partial charge in [-0.25, -0.2) is 0 Å². The minimum atomic E-state index is -0.188. The van der Waals surface area contributed by atoms with Gasteiger partial charge in [0.15, 0.2) is 5.79 Å². The number of hydrogen-bond donors (Lipinski definition) is 1. The van der Waals surface area contributed by atoms with E-state index in [1.807, 2.05) is 0 Å². The van der Waals surface area contributed by atoms with Crippen molar-refractivity contribution in [1.29, 1.82) is 0 Å². The van der Waals surface area contributed by atoms with Crippen LogP contribution >= 0.6 is 0 Å². The largest absolute Gasteiger partial charge is 0.348 e. The van der Waals surface area contributed by atoms with Gasteiger partial charge >= 0.3 is 0 Å². The zero-order chi connectivity index (χ0) is 14.5. The molecule has 2 saturated heterocycles. The van der Waals surface area contributed by atoms with Crippen molar-refractivity contribution in [3.8, 4) is 0 Å². The van der Waals surface area contributed by atoms with E-state index in [0.717, 1.165) is 38.5 Å². The second-order valence-corrected chi connectivity index (χ2v) is 7.20. The van der Waals surface area contributed by atoms with Gasteiger partial charge in [0.2, 0.25) is 0 Å². The Balaban J connectivity index is 1.27. The minimum Gasteiger partial charge on any atom is -0.348 e. The standard InChI is InChI=1S/C17H32N2O2/c1-15(14-19-10-2-3-11-19)18-9-6-16-4-7-17(8-5-16)20-12-13-21-17/h15-16,18H,2-14H2,1H3. The normalized spacial score (nSPS) is 28.4. The Morgan fingerprint density at radius 3 is 2.48 bits per heavy atom. The van der Waals surface area contributed by atoms with Crippen LogP contribution in [0.2, 0.25) is 0 Å². The highest BCUT2D eigenvalue weighted by Gasteiger charge is 2.39. The number of nitrogens with zero attached hydrogens (tertiary/aromatic N) is 1. The fraction of sp³-hybridized carbons (Fsp3) is 1.00. The van der Waals surface area contributed by atoms with Crippen molar-refractivity contribution < 1.29 is 9.47 Å². The third kappa shape index (κ3) is 4.41. The van der Waals surface area contributed by atoms with E-state index in [1.165, 1.54) is 51.7 Å². The lowest BCUT2D eigenvalue weighted by atomic mass is 9.83. The molecule has 21 heavy (non-hydrogen) atoms. The van der Waals surface area contributed by atoms with Crippen LogP contribution in [0.25, 0.3) is 0 Å². The van der Waals surface area contributed by atoms with Crippen LogP contribution in [0.4, 0.5) is 0 Å². The quantitative estimate of drug-likeness (QED) is 0.816. The maximum atomic E-state index is 5.80. The molecule has 3 fully saturated rings. The SMILES string of the molecule is CC(CN1CCCC1)NCCC1CCC2(CC1)OCCO2. The van der Waals surface area contributed by atoms with Crippen molar-refractivity contribution in [2.24, 2.45) is 5.92 Å². The molecule has 1 atom stereocenters. The van der Waals surface area contributed by atoms with Crippen LogP contribution < -0.4 is 5.32 Å². The molecule has 1 spiro atoms. The Labute approximate surface area is 129 Å². The lowest BCUT2D eigenvalue weighted by Crippen LogP contribution is -2.39. The van der Waals surface area contributed by atoms with E-state index in [4.69, 9.17) is 9.47 Å². The number of rotatable bonds is 6. The fourth-order valence-electron chi connectivity index (χ4n) is 4.14. The summed E-state index contributed by atoms with van der Waals surface area (Å²) in [6, 6.07) is 0.625. The molecule has 0 aromatic carbocycles. The molecule has 1 aliphatic carbocycles. The third-order valence-corrected chi connectivity index (χ3v) is 5.46. The van der Waals surface area contributed by atoms with Gasteiger partial charge in [-0.05, 0) is 64.6 Å². The molecule has 122 valence electrons. The van der Waals surface area contributed by atoms with Crippen LogP contribution in [-0.2, 0) is 9.47 Å². The third-order valence-electron chi connectivity index (χ3n) is 5.46. The van der Waals surface area contributed by atoms with Crippen LogP contribution in [0.5, 0.6) is 0 Å². The van der Waals surface area contributed by atoms with E-state index in [9.17, 15) is 0 Å². The monoisotopic (exact) mass is 296 g/mol. The van der Waals surface area contributed by atoms with Crippen molar-refractivity contribution in [3.63, 3.8) is 0 Å². The molecule has 4 heteroatoms. The first-order valence-electron chi connectivity index (χ1n) is 8.99. The van der Waals surface area contributed by atoms with Crippen molar-refractivity contribution in [1.82, 2.24) is 10.2 Å². The molecule has 4 nitrogen and oxygen atoms in total. The highest BCUT2D eigenvalue weighted by atomic mass is 16.7. The van der Waals surface area contributed by atoms with Crippen LogP contribution in [-0.4, -0.2) is 56.1 Å². The van der Waals surface area contributed by atoms with Crippen molar-refractivity contribution >= 4 is 0 Å². The summed E-state index contributed by atoms with van der Waals surface area (Å²) in [7, 11) is 0. The first-order chi connectivity index (χ1) is 10.3. The molecule has 2 aliphatic heterocycles. The second kappa shape index (κ2) is 7.40. The van der Waals surface area contributed by atoms with Crippen LogP contribution in [0, 0.1) is 5.92 Å². The van der Waals surface area contributed by atoms with Gasteiger partial charge in [-0.1, -0.05) is 0 Å². The highest BCUT2D eigenvalue weighted by Crippen LogP contribution is 2.39. The van der Waals surface area contributed by atoms with Crippen LogP contribution in [0.15, 0.2) is 0 Å². The van der Waals surface area contributed by atoms with Crippen LogP contribution in [0.3, 0.4) is 0 Å². The fourth-order valence-corrected chi connectivity index (χ4v) is 4.14. The van der Waals surface area contributed by atoms with Gasteiger partial charge in [0.05, 0.1) is 13.2 Å². The summed E-state index contributed by atoms with van der Waals surface area (Å²) >= 11 is 0. The van der Waals surface area contributed by atoms with E-state index in [-0.39, 0.29) is 5.79 Å². The van der Waals surface area contributed by atoms with Gasteiger partial charge in [0.1, 0.15) is 0 Å². The molecule has 3 aliphatic rings. The predicted molar refractivity (Wildman–Crippen MR) is 84.3 cm³/mol.